The van der Waals surface area contributed by atoms with E-state index in [1.807, 2.05) is 0 Å². The van der Waals surface area contributed by atoms with Gasteiger partial charge in [0.15, 0.2) is 0 Å². The number of nitrogens with one attached hydrogen (secondary N) is 1. The van der Waals surface area contributed by atoms with E-state index in [0.29, 0.717) is 17.0 Å². The van der Waals surface area contributed by atoms with Crippen LogP contribution in [0.1, 0.15) is 5.56 Å². The highest BCUT2D eigenvalue weighted by molar-refractivity contribution is 7.88. The molecule has 1 amide bonds. The minimum atomic E-state index is -3.77. The van der Waals surface area contributed by atoms with Crippen molar-refractivity contribution in [2.45, 2.75) is 5.75 Å². The fourth-order valence-corrected chi connectivity index (χ4v) is 3.38. The van der Waals surface area contributed by atoms with Gasteiger partial charge in [0.1, 0.15) is 5.75 Å². The Balaban J connectivity index is 1.99. The number of sulfonamides is 1. The van der Waals surface area contributed by atoms with Crippen molar-refractivity contribution < 1.29 is 22.9 Å². The van der Waals surface area contributed by atoms with Crippen LogP contribution in [0, 0.1) is 10.1 Å². The van der Waals surface area contributed by atoms with Crippen LogP contribution in [0.5, 0.6) is 5.75 Å². The molecule has 0 unspecified atom stereocenters. The molecule has 0 bridgehead atoms. The lowest BCUT2D eigenvalue weighted by Gasteiger charge is -2.17. The summed E-state index contributed by atoms with van der Waals surface area (Å²) < 4.78 is 30.8. The highest BCUT2D eigenvalue weighted by atomic mass is 32.2. The van der Waals surface area contributed by atoms with Gasteiger partial charge in [0.2, 0.25) is 15.9 Å². The van der Waals surface area contributed by atoms with E-state index in [0.717, 1.165) is 4.31 Å². The van der Waals surface area contributed by atoms with Gasteiger partial charge in [-0.3, -0.25) is 14.9 Å². The number of amides is 1. The normalized spacial score (nSPS) is 11.2. The van der Waals surface area contributed by atoms with Gasteiger partial charge in [0, 0.05) is 30.9 Å². The number of anilines is 1. The molecule has 0 heterocycles. The largest absolute Gasteiger partial charge is 0.497 e. The van der Waals surface area contributed by atoms with Crippen LogP contribution in [0.4, 0.5) is 11.4 Å². The summed E-state index contributed by atoms with van der Waals surface area (Å²) in [7, 11) is -0.972. The Hall–Kier alpha value is -2.98. The number of likely N-dealkylation sites (N-methyl/N-ethyl adjacent to an activating group) is 1. The zero-order valence-corrected chi connectivity index (χ0v) is 15.6. The summed E-state index contributed by atoms with van der Waals surface area (Å²) >= 11 is 0. The maximum absolute atomic E-state index is 12.4. The quantitative estimate of drug-likeness (QED) is 0.541. The van der Waals surface area contributed by atoms with Gasteiger partial charge in [0.25, 0.3) is 5.69 Å². The van der Waals surface area contributed by atoms with Crippen molar-refractivity contribution in [3.8, 4) is 5.75 Å². The third-order valence-electron chi connectivity index (χ3n) is 3.69. The SMILES string of the molecule is COc1cccc(NC(=O)CN(C)S(=O)(=O)Cc2ccc([N+](=O)[O-])cc2)c1. The van der Waals surface area contributed by atoms with Crippen molar-refractivity contribution >= 4 is 27.3 Å². The average molecular weight is 393 g/mol. The number of ether oxygens (including phenoxy) is 1. The molecule has 0 aliphatic carbocycles. The van der Waals surface area contributed by atoms with Gasteiger partial charge in [-0.15, -0.1) is 0 Å². The maximum atomic E-state index is 12.4. The zero-order valence-electron chi connectivity index (χ0n) is 14.8. The number of non-ortho nitro benzene ring substituents is 1. The van der Waals surface area contributed by atoms with Crippen molar-refractivity contribution in [3.05, 3.63) is 64.2 Å². The van der Waals surface area contributed by atoms with Gasteiger partial charge in [0.05, 0.1) is 24.3 Å². The molecule has 1 N–H and O–H groups in total. The summed E-state index contributed by atoms with van der Waals surface area (Å²) in [5.74, 6) is -0.307. The molecule has 9 nitrogen and oxygen atoms in total. The molecule has 27 heavy (non-hydrogen) atoms. The Bertz CT molecular complexity index is 928. The monoisotopic (exact) mass is 393 g/mol. The van der Waals surface area contributed by atoms with E-state index in [4.69, 9.17) is 4.74 Å². The second-order valence-corrected chi connectivity index (χ2v) is 7.79. The van der Waals surface area contributed by atoms with E-state index in [1.54, 1.807) is 24.3 Å². The molecule has 0 radical (unpaired) electrons. The van der Waals surface area contributed by atoms with Crippen LogP contribution in [-0.4, -0.2) is 44.3 Å². The first-order chi connectivity index (χ1) is 12.7. The standard InChI is InChI=1S/C17H19N3O6S/c1-19(11-17(21)18-14-4-3-5-16(10-14)26-2)27(24,25)12-13-6-8-15(9-7-13)20(22)23/h3-10H,11-12H2,1-2H3,(H,18,21). The maximum Gasteiger partial charge on any atom is 0.269 e. The van der Waals surface area contributed by atoms with Crippen LogP contribution in [0.3, 0.4) is 0 Å². The third-order valence-corrected chi connectivity index (χ3v) is 5.47. The predicted octanol–water partition coefficient (Wildman–Crippen LogP) is 2.00. The number of benzene rings is 2. The first kappa shape index (κ1) is 20.3. The number of nitro benzene ring substituents is 1. The number of methoxy groups -OCH3 is 1. The van der Waals surface area contributed by atoms with Crippen molar-refractivity contribution in [3.63, 3.8) is 0 Å². The molecule has 0 saturated carbocycles. The predicted molar refractivity (Wildman–Crippen MR) is 100.0 cm³/mol. The van der Waals surface area contributed by atoms with Crippen LogP contribution in [0.2, 0.25) is 0 Å². The van der Waals surface area contributed by atoms with Gasteiger partial charge in [-0.1, -0.05) is 18.2 Å². The number of nitro groups is 1. The summed E-state index contributed by atoms with van der Waals surface area (Å²) in [5, 5.41) is 13.2. The second kappa shape index (κ2) is 8.60. The minimum Gasteiger partial charge on any atom is -0.497 e. The van der Waals surface area contributed by atoms with Crippen LogP contribution in [-0.2, 0) is 20.6 Å². The van der Waals surface area contributed by atoms with Crippen molar-refractivity contribution in [1.82, 2.24) is 4.31 Å². The third kappa shape index (κ3) is 5.76. The molecule has 0 aliphatic rings. The van der Waals surface area contributed by atoms with E-state index < -0.39 is 20.9 Å². The van der Waals surface area contributed by atoms with Crippen molar-refractivity contribution in [2.75, 3.05) is 26.0 Å². The fourth-order valence-electron chi connectivity index (χ4n) is 2.24. The molecule has 0 aromatic heterocycles. The molecule has 2 rings (SSSR count). The lowest BCUT2D eigenvalue weighted by atomic mass is 10.2. The summed E-state index contributed by atoms with van der Waals surface area (Å²) in [6.07, 6.45) is 0. The first-order valence-corrected chi connectivity index (χ1v) is 9.43. The highest BCUT2D eigenvalue weighted by Gasteiger charge is 2.21. The average Bonchev–Trinajstić information content (AvgIpc) is 2.61. The summed E-state index contributed by atoms with van der Waals surface area (Å²) in [5.41, 5.74) is 0.753. The summed E-state index contributed by atoms with van der Waals surface area (Å²) in [6.45, 7) is -0.369. The van der Waals surface area contributed by atoms with Gasteiger partial charge >= 0.3 is 0 Å². The van der Waals surface area contributed by atoms with Crippen LogP contribution in [0.15, 0.2) is 48.5 Å². The summed E-state index contributed by atoms with van der Waals surface area (Å²) in [6, 6.07) is 11.9. The molecule has 2 aromatic rings. The van der Waals surface area contributed by atoms with Gasteiger partial charge < -0.3 is 10.1 Å². The lowest BCUT2D eigenvalue weighted by molar-refractivity contribution is -0.384. The number of hydrogen-bond donors (Lipinski definition) is 1. The highest BCUT2D eigenvalue weighted by Crippen LogP contribution is 2.17. The lowest BCUT2D eigenvalue weighted by Crippen LogP contribution is -2.35. The summed E-state index contributed by atoms with van der Waals surface area (Å²) in [4.78, 5) is 22.2. The molecule has 10 heteroatoms. The fraction of sp³-hybridized carbons (Fsp3) is 0.235. The van der Waals surface area contributed by atoms with Crippen molar-refractivity contribution in [1.29, 1.82) is 0 Å². The Kier molecular flexibility index (Phi) is 6.48. The van der Waals surface area contributed by atoms with Crippen LogP contribution in [0.25, 0.3) is 0 Å². The smallest absolute Gasteiger partial charge is 0.269 e. The second-order valence-electron chi connectivity index (χ2n) is 5.72. The van der Waals surface area contributed by atoms with E-state index >= 15 is 0 Å². The molecule has 144 valence electrons. The molecule has 0 atom stereocenters. The number of nitrogens with zero attached hydrogens (tertiary/aromatic N) is 2. The van der Waals surface area contributed by atoms with Gasteiger partial charge in [-0.05, 0) is 17.7 Å². The van der Waals surface area contributed by atoms with Gasteiger partial charge in [-0.25, -0.2) is 8.42 Å². The Morgan fingerprint density at radius 1 is 1.22 bits per heavy atom. The Morgan fingerprint density at radius 3 is 2.48 bits per heavy atom. The Morgan fingerprint density at radius 2 is 1.89 bits per heavy atom. The minimum absolute atomic E-state index is 0.123. The van der Waals surface area contributed by atoms with Crippen molar-refractivity contribution in [2.24, 2.45) is 0 Å². The molecule has 0 aliphatic heterocycles. The number of hydrogen-bond acceptors (Lipinski definition) is 6. The first-order valence-electron chi connectivity index (χ1n) is 7.82. The molecular formula is C17H19N3O6S. The number of carbonyl (C=O) groups excluding carboxylic acids is 1. The number of carbonyl (C=O) groups is 1. The van der Waals surface area contributed by atoms with E-state index in [9.17, 15) is 23.3 Å². The van der Waals surface area contributed by atoms with E-state index in [1.165, 1.54) is 38.4 Å². The molecule has 0 spiro atoms. The molecule has 0 fully saturated rings. The zero-order chi connectivity index (χ0) is 20.0. The molecule has 2 aromatic carbocycles. The van der Waals surface area contributed by atoms with Crippen LogP contribution >= 0.6 is 0 Å². The van der Waals surface area contributed by atoms with Crippen LogP contribution < -0.4 is 10.1 Å². The van der Waals surface area contributed by atoms with Gasteiger partial charge in [-0.2, -0.15) is 4.31 Å². The Labute approximate surface area is 156 Å². The van der Waals surface area contributed by atoms with E-state index in [-0.39, 0.29) is 18.0 Å². The number of rotatable bonds is 8. The molecule has 0 saturated heterocycles. The van der Waals surface area contributed by atoms with E-state index in [2.05, 4.69) is 5.32 Å². The molecular weight excluding hydrogens is 374 g/mol. The topological polar surface area (TPSA) is 119 Å².